The Bertz CT molecular complexity index is 1120. The molecule has 0 saturated carbocycles. The SMILES string of the molecule is O=C(NCc1ccccc1Cl)C(=O)NC[C@@H](c1ccco1)N1CCN(c2ccccc2F)CC1. The Morgan fingerprint density at radius 2 is 1.65 bits per heavy atom. The molecule has 4 rings (SSSR count). The van der Waals surface area contributed by atoms with Gasteiger partial charge in [0, 0.05) is 44.3 Å². The second-order valence-electron chi connectivity index (χ2n) is 7.99. The van der Waals surface area contributed by atoms with Crippen molar-refractivity contribution in [3.8, 4) is 0 Å². The second-order valence-corrected chi connectivity index (χ2v) is 8.40. The molecular weight excluding hydrogens is 459 g/mol. The molecule has 2 amide bonds. The van der Waals surface area contributed by atoms with Crippen LogP contribution in [0.1, 0.15) is 17.4 Å². The fourth-order valence-corrected chi connectivity index (χ4v) is 4.24. The summed E-state index contributed by atoms with van der Waals surface area (Å²) in [6.07, 6.45) is 1.58. The number of rotatable bonds is 7. The Balaban J connectivity index is 1.33. The first-order chi connectivity index (χ1) is 16.5. The minimum Gasteiger partial charge on any atom is -0.468 e. The summed E-state index contributed by atoms with van der Waals surface area (Å²) in [4.78, 5) is 28.9. The molecule has 1 fully saturated rings. The van der Waals surface area contributed by atoms with Crippen molar-refractivity contribution in [2.45, 2.75) is 12.6 Å². The molecule has 1 aliphatic rings. The first-order valence-electron chi connectivity index (χ1n) is 11.1. The zero-order chi connectivity index (χ0) is 23.9. The van der Waals surface area contributed by atoms with Gasteiger partial charge >= 0.3 is 11.8 Å². The number of hydrogen-bond donors (Lipinski definition) is 2. The van der Waals surface area contributed by atoms with E-state index in [2.05, 4.69) is 15.5 Å². The highest BCUT2D eigenvalue weighted by molar-refractivity contribution is 6.35. The number of nitrogens with zero attached hydrogens (tertiary/aromatic N) is 2. The summed E-state index contributed by atoms with van der Waals surface area (Å²) < 4.78 is 19.8. The molecule has 2 N–H and O–H groups in total. The molecule has 0 bridgehead atoms. The van der Waals surface area contributed by atoms with E-state index in [0.717, 1.165) is 5.56 Å². The van der Waals surface area contributed by atoms with Gasteiger partial charge < -0.3 is 20.0 Å². The van der Waals surface area contributed by atoms with Crippen molar-refractivity contribution >= 4 is 29.1 Å². The molecule has 3 aromatic rings. The largest absolute Gasteiger partial charge is 0.468 e. The molecule has 1 saturated heterocycles. The van der Waals surface area contributed by atoms with Gasteiger partial charge in [0.15, 0.2) is 0 Å². The van der Waals surface area contributed by atoms with Crippen LogP contribution in [-0.4, -0.2) is 49.4 Å². The quantitative estimate of drug-likeness (QED) is 0.503. The molecule has 178 valence electrons. The molecule has 2 heterocycles. The van der Waals surface area contributed by atoms with Gasteiger partial charge in [0.25, 0.3) is 0 Å². The van der Waals surface area contributed by atoms with Gasteiger partial charge in [-0.25, -0.2) is 4.39 Å². The Morgan fingerprint density at radius 3 is 2.35 bits per heavy atom. The zero-order valence-corrected chi connectivity index (χ0v) is 19.3. The van der Waals surface area contributed by atoms with E-state index in [1.165, 1.54) is 6.07 Å². The van der Waals surface area contributed by atoms with Gasteiger partial charge in [0.1, 0.15) is 11.6 Å². The normalized spacial score (nSPS) is 15.1. The number of halogens is 2. The number of nitrogens with one attached hydrogen (secondary N) is 2. The third-order valence-electron chi connectivity index (χ3n) is 5.88. The molecule has 9 heteroatoms. The van der Waals surface area contributed by atoms with E-state index in [-0.39, 0.29) is 24.9 Å². The molecule has 2 aromatic carbocycles. The van der Waals surface area contributed by atoms with Crippen LogP contribution < -0.4 is 15.5 Å². The van der Waals surface area contributed by atoms with Crippen molar-refractivity contribution in [3.05, 3.63) is 89.1 Å². The molecule has 0 unspecified atom stereocenters. The van der Waals surface area contributed by atoms with Crippen molar-refractivity contribution < 1.29 is 18.4 Å². The first-order valence-corrected chi connectivity index (χ1v) is 11.5. The van der Waals surface area contributed by atoms with Crippen molar-refractivity contribution in [2.75, 3.05) is 37.6 Å². The van der Waals surface area contributed by atoms with Crippen LogP contribution in [0.15, 0.2) is 71.3 Å². The fraction of sp³-hybridized carbons (Fsp3) is 0.280. The maximum Gasteiger partial charge on any atom is 0.309 e. The molecule has 0 spiro atoms. The standard InChI is InChI=1S/C25H26ClFN4O3/c26-19-7-2-1-6-18(19)16-28-24(32)25(33)29-17-22(23-10-5-15-34-23)31-13-11-30(12-14-31)21-9-4-3-8-20(21)27/h1-10,15,22H,11-14,16-17H2,(H,28,32)(H,29,33)/t22-/m0/s1. The Morgan fingerprint density at radius 1 is 0.941 bits per heavy atom. The molecule has 34 heavy (non-hydrogen) atoms. The number of carbonyl (C=O) groups excluding carboxylic acids is 2. The molecule has 1 aliphatic heterocycles. The van der Waals surface area contributed by atoms with E-state index < -0.39 is 11.8 Å². The van der Waals surface area contributed by atoms with Crippen LogP contribution in [0.25, 0.3) is 0 Å². The van der Waals surface area contributed by atoms with Crippen LogP contribution in [0.2, 0.25) is 5.02 Å². The Kier molecular flexibility index (Phi) is 7.82. The maximum atomic E-state index is 14.2. The predicted octanol–water partition coefficient (Wildman–Crippen LogP) is 3.37. The van der Waals surface area contributed by atoms with Crippen LogP contribution in [0.4, 0.5) is 10.1 Å². The van der Waals surface area contributed by atoms with Gasteiger partial charge in [-0.15, -0.1) is 0 Å². The fourth-order valence-electron chi connectivity index (χ4n) is 4.04. The smallest absolute Gasteiger partial charge is 0.309 e. The third kappa shape index (κ3) is 5.76. The Hall–Kier alpha value is -3.36. The lowest BCUT2D eigenvalue weighted by Gasteiger charge is -2.39. The van der Waals surface area contributed by atoms with Crippen LogP contribution >= 0.6 is 11.6 Å². The van der Waals surface area contributed by atoms with Crippen LogP contribution in [0, 0.1) is 5.82 Å². The van der Waals surface area contributed by atoms with Gasteiger partial charge in [0.2, 0.25) is 0 Å². The van der Waals surface area contributed by atoms with E-state index in [4.69, 9.17) is 16.0 Å². The maximum absolute atomic E-state index is 14.2. The molecule has 7 nitrogen and oxygen atoms in total. The summed E-state index contributed by atoms with van der Waals surface area (Å²) in [6, 6.07) is 17.2. The van der Waals surface area contributed by atoms with Gasteiger partial charge in [-0.1, -0.05) is 41.9 Å². The highest BCUT2D eigenvalue weighted by Gasteiger charge is 2.28. The van der Waals surface area contributed by atoms with Crippen molar-refractivity contribution in [2.24, 2.45) is 0 Å². The third-order valence-corrected chi connectivity index (χ3v) is 6.25. The first kappa shape index (κ1) is 23.8. The van der Waals surface area contributed by atoms with Crippen molar-refractivity contribution in [3.63, 3.8) is 0 Å². The topological polar surface area (TPSA) is 77.8 Å². The lowest BCUT2D eigenvalue weighted by molar-refractivity contribution is -0.139. The van der Waals surface area contributed by atoms with E-state index in [1.807, 2.05) is 23.1 Å². The molecular formula is C25H26ClFN4O3. The molecule has 1 aromatic heterocycles. The number of hydrogen-bond acceptors (Lipinski definition) is 5. The van der Waals surface area contributed by atoms with Crippen LogP contribution in [0.3, 0.4) is 0 Å². The number of anilines is 1. The predicted molar refractivity (Wildman–Crippen MR) is 128 cm³/mol. The zero-order valence-electron chi connectivity index (χ0n) is 18.5. The molecule has 0 radical (unpaired) electrons. The number of amides is 2. The summed E-state index contributed by atoms with van der Waals surface area (Å²) in [5.41, 5.74) is 1.31. The van der Waals surface area contributed by atoms with Gasteiger partial charge in [-0.3, -0.25) is 14.5 Å². The Labute approximate surface area is 202 Å². The van der Waals surface area contributed by atoms with Crippen molar-refractivity contribution in [1.82, 2.24) is 15.5 Å². The van der Waals surface area contributed by atoms with E-state index in [9.17, 15) is 14.0 Å². The van der Waals surface area contributed by atoms with E-state index >= 15 is 0 Å². The molecule has 1 atom stereocenters. The number of benzene rings is 2. The van der Waals surface area contributed by atoms with E-state index in [0.29, 0.717) is 42.6 Å². The summed E-state index contributed by atoms with van der Waals surface area (Å²) >= 11 is 6.10. The number of piperazine rings is 1. The minimum atomic E-state index is -0.734. The number of furan rings is 1. The average Bonchev–Trinajstić information content (AvgIpc) is 3.39. The molecule has 0 aliphatic carbocycles. The second kappa shape index (κ2) is 11.2. The minimum absolute atomic E-state index is 0.158. The monoisotopic (exact) mass is 484 g/mol. The highest BCUT2D eigenvalue weighted by atomic mass is 35.5. The van der Waals surface area contributed by atoms with Gasteiger partial charge in [-0.05, 0) is 35.9 Å². The lowest BCUT2D eigenvalue weighted by atomic mass is 10.1. The summed E-state index contributed by atoms with van der Waals surface area (Å²) in [6.45, 7) is 2.91. The van der Waals surface area contributed by atoms with Gasteiger partial charge in [0.05, 0.1) is 18.0 Å². The van der Waals surface area contributed by atoms with E-state index in [1.54, 1.807) is 42.7 Å². The lowest BCUT2D eigenvalue weighted by Crippen LogP contribution is -2.51. The van der Waals surface area contributed by atoms with Crippen molar-refractivity contribution in [1.29, 1.82) is 0 Å². The summed E-state index contributed by atoms with van der Waals surface area (Å²) in [5.74, 6) is -1.01. The summed E-state index contributed by atoms with van der Waals surface area (Å²) in [7, 11) is 0. The summed E-state index contributed by atoms with van der Waals surface area (Å²) in [5, 5.41) is 5.83. The highest BCUT2D eigenvalue weighted by Crippen LogP contribution is 2.25. The van der Waals surface area contributed by atoms with Gasteiger partial charge in [-0.2, -0.15) is 0 Å². The number of carbonyl (C=O) groups is 2. The average molecular weight is 485 g/mol. The number of para-hydroxylation sites is 1. The van der Waals surface area contributed by atoms with Crippen LogP contribution in [-0.2, 0) is 16.1 Å². The van der Waals surface area contributed by atoms with Crippen LogP contribution in [0.5, 0.6) is 0 Å².